The molecule has 3 heteroatoms. The Labute approximate surface area is 68.8 Å². The molecular formula is C8H15BO2. The van der Waals surface area contributed by atoms with Gasteiger partial charge < -0.3 is 10.0 Å². The van der Waals surface area contributed by atoms with E-state index in [-0.39, 0.29) is 6.32 Å². The Morgan fingerprint density at radius 2 is 1.91 bits per heavy atom. The molecule has 0 aliphatic rings. The van der Waals surface area contributed by atoms with Crippen LogP contribution in [0.2, 0.25) is 6.32 Å². The topological polar surface area (TPSA) is 40.5 Å². The first kappa shape index (κ1) is 10.5. The molecule has 0 rings (SSSR count). The summed E-state index contributed by atoms with van der Waals surface area (Å²) in [4.78, 5) is 0. The zero-order chi connectivity index (χ0) is 8.53. The van der Waals surface area contributed by atoms with Crippen molar-refractivity contribution < 1.29 is 10.0 Å². The van der Waals surface area contributed by atoms with Gasteiger partial charge in [-0.25, -0.2) is 0 Å². The standard InChI is InChI=1S/C8H15BO2/c1-2-3-4-5-6-7-8-9(10)11/h10-11H,2-5,8H2,1H3. The minimum atomic E-state index is -1.27. The lowest BCUT2D eigenvalue weighted by Gasteiger charge is -1.88. The summed E-state index contributed by atoms with van der Waals surface area (Å²) in [5.41, 5.74) is 0. The fraction of sp³-hybridized carbons (Fsp3) is 0.750. The molecule has 0 unspecified atom stereocenters. The lowest BCUT2D eigenvalue weighted by Crippen LogP contribution is -2.07. The van der Waals surface area contributed by atoms with Crippen molar-refractivity contribution in [1.29, 1.82) is 0 Å². The van der Waals surface area contributed by atoms with Gasteiger partial charge in [0, 0.05) is 12.7 Å². The largest absolute Gasteiger partial charge is 0.464 e. The van der Waals surface area contributed by atoms with Crippen molar-refractivity contribution in [2.75, 3.05) is 0 Å². The van der Waals surface area contributed by atoms with E-state index in [9.17, 15) is 0 Å². The third-order valence-electron chi connectivity index (χ3n) is 1.31. The molecular weight excluding hydrogens is 139 g/mol. The predicted molar refractivity (Wildman–Crippen MR) is 46.9 cm³/mol. The summed E-state index contributed by atoms with van der Waals surface area (Å²) in [5, 5.41) is 16.8. The van der Waals surface area contributed by atoms with Crippen molar-refractivity contribution in [3.63, 3.8) is 0 Å². The van der Waals surface area contributed by atoms with Crippen LogP contribution in [0.15, 0.2) is 0 Å². The van der Waals surface area contributed by atoms with E-state index in [1.807, 2.05) is 0 Å². The molecule has 0 heterocycles. The first-order chi connectivity index (χ1) is 5.27. The summed E-state index contributed by atoms with van der Waals surface area (Å²) in [7, 11) is -1.27. The second-order valence-corrected chi connectivity index (χ2v) is 2.50. The van der Waals surface area contributed by atoms with Crippen molar-refractivity contribution in [3.05, 3.63) is 0 Å². The zero-order valence-electron chi connectivity index (χ0n) is 7.01. The van der Waals surface area contributed by atoms with Gasteiger partial charge in [0.05, 0.1) is 0 Å². The Morgan fingerprint density at radius 3 is 2.45 bits per heavy atom. The molecule has 0 bridgehead atoms. The van der Waals surface area contributed by atoms with E-state index in [0.29, 0.717) is 0 Å². The van der Waals surface area contributed by atoms with Gasteiger partial charge in [0.1, 0.15) is 0 Å². The quantitative estimate of drug-likeness (QED) is 0.361. The summed E-state index contributed by atoms with van der Waals surface area (Å²) >= 11 is 0. The van der Waals surface area contributed by atoms with Crippen LogP contribution in [-0.2, 0) is 0 Å². The molecule has 2 N–H and O–H groups in total. The average molecular weight is 154 g/mol. The normalized spacial score (nSPS) is 8.64. The van der Waals surface area contributed by atoms with Crippen LogP contribution >= 0.6 is 0 Å². The molecule has 0 saturated heterocycles. The first-order valence-corrected chi connectivity index (χ1v) is 4.09. The van der Waals surface area contributed by atoms with E-state index in [2.05, 4.69) is 18.8 Å². The number of rotatable bonds is 4. The molecule has 0 amide bonds. The summed E-state index contributed by atoms with van der Waals surface area (Å²) < 4.78 is 0. The van der Waals surface area contributed by atoms with Gasteiger partial charge >= 0.3 is 7.12 Å². The molecule has 0 aromatic rings. The van der Waals surface area contributed by atoms with E-state index >= 15 is 0 Å². The first-order valence-electron chi connectivity index (χ1n) is 4.09. The Morgan fingerprint density at radius 1 is 1.18 bits per heavy atom. The van der Waals surface area contributed by atoms with Gasteiger partial charge in [0.25, 0.3) is 0 Å². The minimum Gasteiger partial charge on any atom is -0.426 e. The second-order valence-electron chi connectivity index (χ2n) is 2.50. The summed E-state index contributed by atoms with van der Waals surface area (Å²) in [6, 6.07) is 0. The van der Waals surface area contributed by atoms with Crippen LogP contribution in [-0.4, -0.2) is 17.2 Å². The van der Waals surface area contributed by atoms with Crippen LogP contribution in [0.4, 0.5) is 0 Å². The number of unbranched alkanes of at least 4 members (excludes halogenated alkanes) is 3. The van der Waals surface area contributed by atoms with Crippen molar-refractivity contribution in [1.82, 2.24) is 0 Å². The Kier molecular flexibility index (Phi) is 7.33. The third-order valence-corrected chi connectivity index (χ3v) is 1.31. The molecule has 2 nitrogen and oxygen atoms in total. The van der Waals surface area contributed by atoms with Gasteiger partial charge in [-0.3, -0.25) is 0 Å². The van der Waals surface area contributed by atoms with Crippen molar-refractivity contribution in [3.8, 4) is 11.8 Å². The Hall–Kier alpha value is -0.455. The molecule has 0 aliphatic heterocycles. The van der Waals surface area contributed by atoms with E-state index in [4.69, 9.17) is 10.0 Å². The van der Waals surface area contributed by atoms with Gasteiger partial charge in [-0.2, -0.15) is 0 Å². The molecule has 0 fully saturated rings. The molecule has 0 aromatic carbocycles. The molecule has 0 aliphatic carbocycles. The maximum absolute atomic E-state index is 8.41. The van der Waals surface area contributed by atoms with Crippen LogP contribution in [0.5, 0.6) is 0 Å². The van der Waals surface area contributed by atoms with Crippen LogP contribution < -0.4 is 0 Å². The van der Waals surface area contributed by atoms with Gasteiger partial charge in [-0.05, 0) is 6.42 Å². The van der Waals surface area contributed by atoms with E-state index < -0.39 is 7.12 Å². The van der Waals surface area contributed by atoms with Crippen LogP contribution in [0.1, 0.15) is 32.6 Å². The van der Waals surface area contributed by atoms with Gasteiger partial charge in [0.15, 0.2) is 0 Å². The maximum atomic E-state index is 8.41. The van der Waals surface area contributed by atoms with Crippen LogP contribution in [0.3, 0.4) is 0 Å². The predicted octanol–water partition coefficient (Wildman–Crippen LogP) is 1.04. The highest BCUT2D eigenvalue weighted by Crippen LogP contribution is 1.96. The molecule has 0 atom stereocenters. The lowest BCUT2D eigenvalue weighted by molar-refractivity contribution is 0.412. The molecule has 0 aromatic heterocycles. The maximum Gasteiger partial charge on any atom is 0.464 e. The Balaban J connectivity index is 3.12. The fourth-order valence-corrected chi connectivity index (χ4v) is 0.715. The third kappa shape index (κ3) is 9.54. The van der Waals surface area contributed by atoms with Crippen molar-refractivity contribution in [2.24, 2.45) is 0 Å². The highest BCUT2D eigenvalue weighted by Gasteiger charge is 2.00. The summed E-state index contributed by atoms with van der Waals surface area (Å²) in [6.45, 7) is 2.14. The molecule has 11 heavy (non-hydrogen) atoms. The highest BCUT2D eigenvalue weighted by atomic mass is 16.4. The molecule has 62 valence electrons. The fourth-order valence-electron chi connectivity index (χ4n) is 0.715. The molecule has 0 spiro atoms. The minimum absolute atomic E-state index is 0.173. The zero-order valence-corrected chi connectivity index (χ0v) is 7.01. The average Bonchev–Trinajstić information content (AvgIpc) is 1.96. The highest BCUT2D eigenvalue weighted by molar-refractivity contribution is 6.42. The lowest BCUT2D eigenvalue weighted by atomic mass is 9.87. The Bertz CT molecular complexity index is 135. The second kappa shape index (κ2) is 7.65. The van der Waals surface area contributed by atoms with Gasteiger partial charge in [0.2, 0.25) is 0 Å². The van der Waals surface area contributed by atoms with E-state index in [1.165, 1.54) is 12.8 Å². The number of hydrogen-bond acceptors (Lipinski definition) is 2. The smallest absolute Gasteiger partial charge is 0.426 e. The van der Waals surface area contributed by atoms with Crippen LogP contribution in [0, 0.1) is 11.8 Å². The van der Waals surface area contributed by atoms with Gasteiger partial charge in [-0.1, -0.05) is 19.8 Å². The molecule has 0 radical (unpaired) electrons. The monoisotopic (exact) mass is 154 g/mol. The van der Waals surface area contributed by atoms with Gasteiger partial charge in [-0.15, -0.1) is 11.8 Å². The SMILES string of the molecule is CCCCCC#CCB(O)O. The van der Waals surface area contributed by atoms with Crippen molar-refractivity contribution in [2.45, 2.75) is 38.9 Å². The summed E-state index contributed by atoms with van der Waals surface area (Å²) in [5.74, 6) is 5.58. The number of hydrogen-bond donors (Lipinski definition) is 2. The summed E-state index contributed by atoms with van der Waals surface area (Å²) in [6.07, 6.45) is 4.57. The van der Waals surface area contributed by atoms with Crippen molar-refractivity contribution >= 4 is 7.12 Å². The van der Waals surface area contributed by atoms with E-state index in [0.717, 1.165) is 12.8 Å². The van der Waals surface area contributed by atoms with E-state index in [1.54, 1.807) is 0 Å². The molecule has 0 saturated carbocycles. The van der Waals surface area contributed by atoms with Crippen LogP contribution in [0.25, 0.3) is 0 Å².